The smallest absolute Gasteiger partial charge is 0.227 e. The van der Waals surface area contributed by atoms with Crippen molar-refractivity contribution < 1.29 is 4.79 Å². The Bertz CT molecular complexity index is 1030. The van der Waals surface area contributed by atoms with Crippen molar-refractivity contribution in [1.29, 1.82) is 0 Å². The molecule has 30 heavy (non-hydrogen) atoms. The van der Waals surface area contributed by atoms with Crippen LogP contribution in [0.2, 0.25) is 0 Å². The number of carbonyl (C=O) groups is 1. The molecule has 6 heteroatoms. The molecule has 0 saturated carbocycles. The monoisotopic (exact) mass is 403 g/mol. The minimum atomic E-state index is 0.183. The summed E-state index contributed by atoms with van der Waals surface area (Å²) in [6.45, 7) is 9.47. The second-order valence-corrected chi connectivity index (χ2v) is 7.96. The van der Waals surface area contributed by atoms with Crippen molar-refractivity contribution in [2.24, 2.45) is 0 Å². The summed E-state index contributed by atoms with van der Waals surface area (Å²) in [5, 5.41) is 4.69. The fourth-order valence-electron chi connectivity index (χ4n) is 4.24. The van der Waals surface area contributed by atoms with E-state index >= 15 is 0 Å². The van der Waals surface area contributed by atoms with E-state index in [1.165, 1.54) is 11.3 Å². The van der Waals surface area contributed by atoms with E-state index in [4.69, 9.17) is 5.10 Å². The Balaban J connectivity index is 1.46. The number of aromatic nitrogens is 3. The normalized spacial score (nSPS) is 14.6. The molecule has 1 saturated heterocycles. The van der Waals surface area contributed by atoms with Gasteiger partial charge in [0, 0.05) is 55.5 Å². The first-order valence-corrected chi connectivity index (χ1v) is 10.6. The Morgan fingerprint density at radius 2 is 1.80 bits per heavy atom. The number of carbonyl (C=O) groups excluding carboxylic acids is 1. The van der Waals surface area contributed by atoms with Gasteiger partial charge in [0.25, 0.3) is 0 Å². The van der Waals surface area contributed by atoms with Gasteiger partial charge in [-0.25, -0.2) is 4.68 Å². The van der Waals surface area contributed by atoms with Crippen molar-refractivity contribution in [3.8, 4) is 5.69 Å². The molecule has 1 fully saturated rings. The minimum absolute atomic E-state index is 0.183. The van der Waals surface area contributed by atoms with Gasteiger partial charge in [-0.2, -0.15) is 5.10 Å². The molecule has 0 spiro atoms. The Morgan fingerprint density at radius 3 is 2.57 bits per heavy atom. The number of para-hydroxylation sites is 1. The van der Waals surface area contributed by atoms with E-state index in [-0.39, 0.29) is 5.91 Å². The van der Waals surface area contributed by atoms with E-state index in [9.17, 15) is 4.79 Å². The van der Waals surface area contributed by atoms with Crippen LogP contribution >= 0.6 is 0 Å². The van der Waals surface area contributed by atoms with Crippen LogP contribution in [0.3, 0.4) is 0 Å². The maximum atomic E-state index is 13.1. The third-order valence-electron chi connectivity index (χ3n) is 5.95. The van der Waals surface area contributed by atoms with Crippen molar-refractivity contribution in [3.05, 3.63) is 71.3 Å². The highest BCUT2D eigenvalue weighted by molar-refractivity contribution is 5.79. The van der Waals surface area contributed by atoms with Gasteiger partial charge in [0.1, 0.15) is 0 Å². The Kier molecular flexibility index (Phi) is 5.84. The van der Waals surface area contributed by atoms with E-state index in [0.717, 1.165) is 55.2 Å². The summed E-state index contributed by atoms with van der Waals surface area (Å²) in [7, 11) is 0. The molecule has 156 valence electrons. The van der Waals surface area contributed by atoms with Crippen molar-refractivity contribution >= 4 is 11.6 Å². The molecule has 6 nitrogen and oxygen atoms in total. The first-order valence-electron chi connectivity index (χ1n) is 10.6. The Labute approximate surface area is 178 Å². The molecule has 0 unspecified atom stereocenters. The number of benzene rings is 1. The zero-order valence-electron chi connectivity index (χ0n) is 18.0. The number of amides is 1. The van der Waals surface area contributed by atoms with Crippen LogP contribution in [0.15, 0.2) is 48.8 Å². The summed E-state index contributed by atoms with van der Waals surface area (Å²) in [4.78, 5) is 21.7. The van der Waals surface area contributed by atoms with Gasteiger partial charge in [0.2, 0.25) is 5.91 Å². The third kappa shape index (κ3) is 4.08. The second-order valence-electron chi connectivity index (χ2n) is 7.96. The predicted octanol–water partition coefficient (Wildman–Crippen LogP) is 3.47. The summed E-state index contributed by atoms with van der Waals surface area (Å²) in [6.07, 6.45) is 5.11. The lowest BCUT2D eigenvalue weighted by atomic mass is 10.1. The third-order valence-corrected chi connectivity index (χ3v) is 5.95. The van der Waals surface area contributed by atoms with Crippen molar-refractivity contribution in [2.75, 3.05) is 31.1 Å². The van der Waals surface area contributed by atoms with Gasteiger partial charge in [-0.15, -0.1) is 0 Å². The molecule has 0 aliphatic carbocycles. The maximum absolute atomic E-state index is 13.1. The summed E-state index contributed by atoms with van der Waals surface area (Å²) >= 11 is 0. The topological polar surface area (TPSA) is 54.3 Å². The van der Waals surface area contributed by atoms with Crippen LogP contribution in [0.25, 0.3) is 5.69 Å². The number of hydrogen-bond acceptors (Lipinski definition) is 4. The average molecular weight is 404 g/mol. The number of rotatable bonds is 4. The molecule has 0 radical (unpaired) electrons. The first-order chi connectivity index (χ1) is 14.5. The predicted molar refractivity (Wildman–Crippen MR) is 119 cm³/mol. The Morgan fingerprint density at radius 1 is 1.00 bits per heavy atom. The van der Waals surface area contributed by atoms with Crippen molar-refractivity contribution in [1.82, 2.24) is 19.7 Å². The van der Waals surface area contributed by atoms with Gasteiger partial charge in [-0.3, -0.25) is 9.78 Å². The molecule has 1 amide bonds. The number of pyridine rings is 1. The molecule has 3 aromatic rings. The molecule has 1 aliphatic heterocycles. The second kappa shape index (κ2) is 8.69. The number of nitrogens with zero attached hydrogens (tertiary/aromatic N) is 5. The maximum Gasteiger partial charge on any atom is 0.227 e. The van der Waals surface area contributed by atoms with Crippen LogP contribution in [-0.2, 0) is 11.2 Å². The molecule has 1 aliphatic rings. The Hall–Kier alpha value is -3.15. The molecule has 0 bridgehead atoms. The van der Waals surface area contributed by atoms with Crippen LogP contribution in [0.5, 0.6) is 0 Å². The van der Waals surface area contributed by atoms with Crippen molar-refractivity contribution in [3.63, 3.8) is 0 Å². The minimum Gasteiger partial charge on any atom is -0.369 e. The van der Waals surface area contributed by atoms with Gasteiger partial charge in [-0.05, 0) is 51.0 Å². The zero-order chi connectivity index (χ0) is 21.1. The van der Waals surface area contributed by atoms with E-state index in [0.29, 0.717) is 6.42 Å². The fraction of sp³-hybridized carbons (Fsp3) is 0.375. The largest absolute Gasteiger partial charge is 0.369 e. The SMILES string of the molecule is Cc1cnccc1N1CCCN(C(=O)Cc2c(C)nn(-c3ccccc3)c2C)CC1. The number of anilines is 1. The molecule has 0 N–H and O–H groups in total. The van der Waals surface area contributed by atoms with Gasteiger partial charge in [-0.1, -0.05) is 18.2 Å². The van der Waals surface area contributed by atoms with E-state index < -0.39 is 0 Å². The molecule has 0 atom stereocenters. The summed E-state index contributed by atoms with van der Waals surface area (Å²) < 4.78 is 1.94. The lowest BCUT2D eigenvalue weighted by Crippen LogP contribution is -2.36. The van der Waals surface area contributed by atoms with E-state index in [2.05, 4.69) is 22.9 Å². The van der Waals surface area contributed by atoms with Crippen LogP contribution in [-0.4, -0.2) is 51.8 Å². The molecule has 4 rings (SSSR count). The van der Waals surface area contributed by atoms with Gasteiger partial charge >= 0.3 is 0 Å². The highest BCUT2D eigenvalue weighted by Gasteiger charge is 2.23. The summed E-state index contributed by atoms with van der Waals surface area (Å²) in [5.74, 6) is 0.183. The quantitative estimate of drug-likeness (QED) is 0.669. The standard InChI is InChI=1S/C24H29N5O/c1-18-17-25-11-10-23(18)27-12-7-13-28(15-14-27)24(30)16-22-19(2)26-29(20(22)3)21-8-5-4-6-9-21/h4-6,8-11,17H,7,12-16H2,1-3H3. The van der Waals surface area contributed by atoms with Gasteiger partial charge in [0.15, 0.2) is 0 Å². The number of hydrogen-bond donors (Lipinski definition) is 0. The molecule has 2 aromatic heterocycles. The van der Waals surface area contributed by atoms with E-state index in [1.807, 2.05) is 66.2 Å². The van der Waals surface area contributed by atoms with Gasteiger partial charge in [0.05, 0.1) is 17.8 Å². The highest BCUT2D eigenvalue weighted by Crippen LogP contribution is 2.22. The summed E-state index contributed by atoms with van der Waals surface area (Å²) in [6, 6.07) is 12.1. The molecule has 3 heterocycles. The van der Waals surface area contributed by atoms with Crippen molar-refractivity contribution in [2.45, 2.75) is 33.6 Å². The van der Waals surface area contributed by atoms with Gasteiger partial charge < -0.3 is 9.80 Å². The van der Waals surface area contributed by atoms with E-state index in [1.54, 1.807) is 0 Å². The molecule has 1 aromatic carbocycles. The van der Waals surface area contributed by atoms with Crippen LogP contribution in [0, 0.1) is 20.8 Å². The lowest BCUT2D eigenvalue weighted by Gasteiger charge is -2.25. The average Bonchev–Trinajstić information content (AvgIpc) is 2.93. The first kappa shape index (κ1) is 20.1. The van der Waals surface area contributed by atoms with Crippen LogP contribution < -0.4 is 4.90 Å². The summed E-state index contributed by atoms with van der Waals surface area (Å²) in [5.41, 5.74) is 6.42. The van der Waals surface area contributed by atoms with Crippen LogP contribution in [0.1, 0.15) is 28.9 Å². The lowest BCUT2D eigenvalue weighted by molar-refractivity contribution is -0.130. The number of aryl methyl sites for hydroxylation is 2. The fourth-order valence-corrected chi connectivity index (χ4v) is 4.24. The van der Waals surface area contributed by atoms with Crippen LogP contribution in [0.4, 0.5) is 5.69 Å². The highest BCUT2D eigenvalue weighted by atomic mass is 16.2. The zero-order valence-corrected chi connectivity index (χ0v) is 18.0. The molecular formula is C24H29N5O. The molecular weight excluding hydrogens is 374 g/mol.